The fraction of sp³-hybridized carbons (Fsp3) is 0.500. The molecule has 0 aromatic carbocycles. The smallest absolute Gasteiger partial charge is 0.351 e. The Morgan fingerprint density at radius 3 is 2.88 bits per heavy atom. The maximum absolute atomic E-state index is 10.9. The van der Waals surface area contributed by atoms with Crippen LogP contribution >= 0.6 is 7.60 Å². The zero-order chi connectivity index (χ0) is 17.5. The molecule has 1 aliphatic rings. The van der Waals surface area contributed by atoms with Crippen LogP contribution in [-0.2, 0) is 18.8 Å². The van der Waals surface area contributed by atoms with Crippen molar-refractivity contribution in [2.75, 3.05) is 19.2 Å². The monoisotopic (exact) mass is 360 g/mol. The van der Waals surface area contributed by atoms with Crippen LogP contribution in [0.25, 0.3) is 11.0 Å². The van der Waals surface area contributed by atoms with Crippen molar-refractivity contribution in [2.45, 2.75) is 24.7 Å². The highest BCUT2D eigenvalue weighted by molar-refractivity contribution is 7.51. The van der Waals surface area contributed by atoms with Gasteiger partial charge < -0.3 is 39.4 Å². The zero-order valence-electron chi connectivity index (χ0n) is 12.6. The third kappa shape index (κ3) is 3.15. The van der Waals surface area contributed by atoms with E-state index in [2.05, 4.69) is 9.97 Å². The Labute approximate surface area is 136 Å². The van der Waals surface area contributed by atoms with E-state index in [1.165, 1.54) is 13.4 Å². The maximum Gasteiger partial charge on any atom is 0.351 e. The van der Waals surface area contributed by atoms with E-state index in [1.54, 1.807) is 16.8 Å². The molecule has 1 saturated heterocycles. The second-order valence-electron chi connectivity index (χ2n) is 5.27. The van der Waals surface area contributed by atoms with Gasteiger partial charge in [-0.05, 0) is 6.07 Å². The van der Waals surface area contributed by atoms with E-state index in [0.717, 1.165) is 0 Å². The zero-order valence-corrected chi connectivity index (χ0v) is 13.5. The SMILES string of the molecule is CO[C@@H]1C(O)[C@@H](OCP(=O)(O)O)O[C@H]1n1ccc2c(N)ncnc21. The van der Waals surface area contributed by atoms with Gasteiger partial charge in [0, 0.05) is 13.3 Å². The molecular weight excluding hydrogens is 343 g/mol. The number of anilines is 1. The number of methoxy groups -OCH3 is 1. The number of nitrogens with two attached hydrogens (primary N) is 1. The summed E-state index contributed by atoms with van der Waals surface area (Å²) in [4.78, 5) is 25.8. The number of aliphatic hydroxyl groups is 1. The Morgan fingerprint density at radius 1 is 1.46 bits per heavy atom. The molecule has 24 heavy (non-hydrogen) atoms. The van der Waals surface area contributed by atoms with Crippen LogP contribution in [0.2, 0.25) is 0 Å². The lowest BCUT2D eigenvalue weighted by atomic mass is 10.2. The first-order valence-corrected chi connectivity index (χ1v) is 8.71. The molecule has 5 N–H and O–H groups in total. The van der Waals surface area contributed by atoms with E-state index in [9.17, 15) is 9.67 Å². The first-order valence-electron chi connectivity index (χ1n) is 6.91. The molecule has 0 saturated carbocycles. The molecule has 1 unspecified atom stereocenters. The van der Waals surface area contributed by atoms with Gasteiger partial charge in [-0.2, -0.15) is 0 Å². The summed E-state index contributed by atoms with van der Waals surface area (Å²) in [5.41, 5.74) is 6.26. The van der Waals surface area contributed by atoms with Crippen molar-refractivity contribution in [1.82, 2.24) is 14.5 Å². The summed E-state index contributed by atoms with van der Waals surface area (Å²) in [6.07, 6.45) is -2.10. The second kappa shape index (κ2) is 6.37. The Kier molecular flexibility index (Phi) is 4.58. The van der Waals surface area contributed by atoms with Crippen LogP contribution in [-0.4, -0.2) is 61.4 Å². The average molecular weight is 360 g/mol. The van der Waals surface area contributed by atoms with Gasteiger partial charge in [0.2, 0.25) is 0 Å². The van der Waals surface area contributed by atoms with Crippen molar-refractivity contribution in [2.24, 2.45) is 0 Å². The minimum absolute atomic E-state index is 0.292. The summed E-state index contributed by atoms with van der Waals surface area (Å²) in [6, 6.07) is 1.69. The summed E-state index contributed by atoms with van der Waals surface area (Å²) in [6.45, 7) is 0. The van der Waals surface area contributed by atoms with E-state index < -0.39 is 38.7 Å². The minimum atomic E-state index is -4.40. The molecule has 4 atom stereocenters. The van der Waals surface area contributed by atoms with Gasteiger partial charge in [0.25, 0.3) is 0 Å². The lowest BCUT2D eigenvalue weighted by Gasteiger charge is -2.20. The number of fused-ring (bicyclic) bond motifs is 1. The minimum Gasteiger partial charge on any atom is -0.385 e. The quantitative estimate of drug-likeness (QED) is 0.506. The van der Waals surface area contributed by atoms with E-state index in [0.29, 0.717) is 16.9 Å². The number of aliphatic hydroxyl groups excluding tert-OH is 1. The topological polar surface area (TPSA) is 162 Å². The van der Waals surface area contributed by atoms with Gasteiger partial charge >= 0.3 is 7.60 Å². The Hall–Kier alpha value is -1.59. The second-order valence-corrected chi connectivity index (χ2v) is 6.85. The number of rotatable bonds is 5. The van der Waals surface area contributed by atoms with Crippen molar-refractivity contribution < 1.29 is 33.7 Å². The average Bonchev–Trinajstić information content (AvgIpc) is 3.06. The third-order valence-corrected chi connectivity index (χ3v) is 4.15. The summed E-state index contributed by atoms with van der Waals surface area (Å²) < 4.78 is 28.4. The van der Waals surface area contributed by atoms with Crippen LogP contribution in [0.3, 0.4) is 0 Å². The lowest BCUT2D eigenvalue weighted by molar-refractivity contribution is -0.167. The number of ether oxygens (including phenoxy) is 3. The van der Waals surface area contributed by atoms with Gasteiger partial charge in [0.1, 0.15) is 30.0 Å². The molecule has 11 nitrogen and oxygen atoms in total. The van der Waals surface area contributed by atoms with Gasteiger partial charge in [0.15, 0.2) is 18.9 Å². The fourth-order valence-corrected chi connectivity index (χ4v) is 2.94. The third-order valence-electron chi connectivity index (χ3n) is 3.66. The van der Waals surface area contributed by atoms with Crippen molar-refractivity contribution in [3.8, 4) is 0 Å². The Balaban J connectivity index is 1.89. The standard InChI is InChI=1S/C12H17N4O7P/c1-21-8-7(17)12(22-5-24(18,19)20)23-11(8)16-3-2-6-9(13)14-4-15-10(6)16/h2-4,7-8,11-12,17H,5H2,1H3,(H2,13,14,15)(H2,18,19,20)/t7?,8-,11-,12+/m1/s1. The van der Waals surface area contributed by atoms with Gasteiger partial charge in [0.05, 0.1) is 5.39 Å². The molecule has 1 aliphatic heterocycles. The summed E-state index contributed by atoms with van der Waals surface area (Å²) in [7, 11) is -3.02. The molecule has 3 rings (SSSR count). The van der Waals surface area contributed by atoms with Crippen LogP contribution in [0.1, 0.15) is 6.23 Å². The molecule has 0 spiro atoms. The lowest BCUT2D eigenvalue weighted by Crippen LogP contribution is -2.34. The Bertz CT molecular complexity index is 778. The van der Waals surface area contributed by atoms with Crippen molar-refractivity contribution >= 4 is 24.4 Å². The summed E-state index contributed by atoms with van der Waals surface area (Å²) in [5, 5.41) is 10.8. The van der Waals surface area contributed by atoms with Gasteiger partial charge in [-0.15, -0.1) is 0 Å². The molecule has 0 amide bonds. The molecule has 3 heterocycles. The van der Waals surface area contributed by atoms with Crippen molar-refractivity contribution in [1.29, 1.82) is 0 Å². The maximum atomic E-state index is 10.9. The summed E-state index contributed by atoms with van der Waals surface area (Å²) >= 11 is 0. The van der Waals surface area contributed by atoms with Gasteiger partial charge in [-0.3, -0.25) is 4.57 Å². The fourth-order valence-electron chi connectivity index (χ4n) is 2.60. The molecule has 2 aromatic heterocycles. The predicted molar refractivity (Wildman–Crippen MR) is 80.7 cm³/mol. The molecule has 0 bridgehead atoms. The number of nitrogens with zero attached hydrogens (tertiary/aromatic N) is 3. The van der Waals surface area contributed by atoms with E-state index in [-0.39, 0.29) is 0 Å². The first kappa shape index (κ1) is 17.2. The van der Waals surface area contributed by atoms with E-state index in [4.69, 9.17) is 29.7 Å². The van der Waals surface area contributed by atoms with E-state index in [1.807, 2.05) is 0 Å². The number of nitrogen functional groups attached to an aromatic ring is 1. The summed E-state index contributed by atoms with van der Waals surface area (Å²) in [5.74, 6) is 0.292. The van der Waals surface area contributed by atoms with Crippen molar-refractivity contribution in [3.63, 3.8) is 0 Å². The Morgan fingerprint density at radius 2 is 2.21 bits per heavy atom. The molecule has 12 heteroatoms. The van der Waals surface area contributed by atoms with Gasteiger partial charge in [-0.1, -0.05) is 0 Å². The van der Waals surface area contributed by atoms with Gasteiger partial charge in [-0.25, -0.2) is 9.97 Å². The largest absolute Gasteiger partial charge is 0.385 e. The molecular formula is C12H17N4O7P. The van der Waals surface area contributed by atoms with Crippen LogP contribution in [0.4, 0.5) is 5.82 Å². The molecule has 2 aromatic rings. The van der Waals surface area contributed by atoms with Crippen LogP contribution in [0, 0.1) is 0 Å². The number of hydrogen-bond acceptors (Lipinski definition) is 8. The highest BCUT2D eigenvalue weighted by Gasteiger charge is 2.46. The number of hydrogen-bond donors (Lipinski definition) is 4. The van der Waals surface area contributed by atoms with Crippen LogP contribution in [0.5, 0.6) is 0 Å². The van der Waals surface area contributed by atoms with Crippen LogP contribution < -0.4 is 5.73 Å². The van der Waals surface area contributed by atoms with E-state index >= 15 is 0 Å². The predicted octanol–water partition coefficient (Wildman–Crippen LogP) is -0.604. The first-order chi connectivity index (χ1) is 11.3. The molecule has 0 radical (unpaired) electrons. The highest BCUT2D eigenvalue weighted by atomic mass is 31.2. The molecule has 132 valence electrons. The highest BCUT2D eigenvalue weighted by Crippen LogP contribution is 2.39. The van der Waals surface area contributed by atoms with Crippen molar-refractivity contribution in [3.05, 3.63) is 18.6 Å². The molecule has 0 aliphatic carbocycles. The van der Waals surface area contributed by atoms with Crippen LogP contribution in [0.15, 0.2) is 18.6 Å². The number of aromatic nitrogens is 3. The molecule has 1 fully saturated rings. The normalized spacial score (nSPS) is 27.8.